The number of aryl methyl sites for hydroxylation is 1. The third kappa shape index (κ3) is 2.85. The molecule has 1 heterocycles. The highest BCUT2D eigenvalue weighted by Gasteiger charge is 2.30. The van der Waals surface area contributed by atoms with E-state index in [1.807, 2.05) is 7.05 Å². The molecule has 2 nitrogen and oxygen atoms in total. The summed E-state index contributed by atoms with van der Waals surface area (Å²) in [5, 5.41) is 3.72. The molecule has 0 spiro atoms. The lowest BCUT2D eigenvalue weighted by Crippen LogP contribution is -2.07. The Bertz CT molecular complexity index is 531. The molecule has 2 aromatic rings. The first kappa shape index (κ1) is 13.0. The Balaban J connectivity index is 2.23. The molecule has 0 bridgehead atoms. The molecular formula is C13H14F3NO. The summed E-state index contributed by atoms with van der Waals surface area (Å²) in [5.41, 5.74) is -0.379. The third-order valence-corrected chi connectivity index (χ3v) is 2.75. The van der Waals surface area contributed by atoms with Crippen molar-refractivity contribution >= 4 is 11.0 Å². The highest BCUT2D eigenvalue weighted by molar-refractivity contribution is 5.78. The SMILES string of the molecule is CNCCCc1cc2ccc(C(F)(F)F)cc2o1. The van der Waals surface area contributed by atoms with Crippen LogP contribution < -0.4 is 5.32 Å². The predicted octanol–water partition coefficient (Wildman–Crippen LogP) is 3.60. The molecule has 1 aromatic carbocycles. The average Bonchev–Trinajstić information content (AvgIpc) is 2.69. The molecule has 98 valence electrons. The molecule has 0 unspecified atom stereocenters. The van der Waals surface area contributed by atoms with Crippen molar-refractivity contribution in [1.82, 2.24) is 5.32 Å². The quantitative estimate of drug-likeness (QED) is 0.846. The molecule has 0 aliphatic rings. The van der Waals surface area contributed by atoms with E-state index in [-0.39, 0.29) is 0 Å². The van der Waals surface area contributed by atoms with Gasteiger partial charge in [0.2, 0.25) is 0 Å². The summed E-state index contributed by atoms with van der Waals surface area (Å²) in [6.07, 6.45) is -2.72. The van der Waals surface area contributed by atoms with Gasteiger partial charge in [0.25, 0.3) is 0 Å². The van der Waals surface area contributed by atoms with Gasteiger partial charge in [0.1, 0.15) is 11.3 Å². The maximum absolute atomic E-state index is 12.5. The molecule has 5 heteroatoms. The third-order valence-electron chi connectivity index (χ3n) is 2.75. The summed E-state index contributed by atoms with van der Waals surface area (Å²) >= 11 is 0. The van der Waals surface area contributed by atoms with E-state index in [0.717, 1.165) is 37.3 Å². The zero-order chi connectivity index (χ0) is 13.2. The fourth-order valence-electron chi connectivity index (χ4n) is 1.83. The smallest absolute Gasteiger partial charge is 0.416 e. The van der Waals surface area contributed by atoms with E-state index in [0.29, 0.717) is 11.0 Å². The Morgan fingerprint density at radius 2 is 2.00 bits per heavy atom. The van der Waals surface area contributed by atoms with Gasteiger partial charge in [-0.3, -0.25) is 0 Å². The maximum atomic E-state index is 12.5. The van der Waals surface area contributed by atoms with Crippen LogP contribution in [0.4, 0.5) is 13.2 Å². The van der Waals surface area contributed by atoms with Crippen molar-refractivity contribution in [3.63, 3.8) is 0 Å². The van der Waals surface area contributed by atoms with Crippen LogP contribution in [-0.2, 0) is 12.6 Å². The van der Waals surface area contributed by atoms with Crippen LogP contribution in [0.5, 0.6) is 0 Å². The molecule has 2 rings (SSSR count). The molecule has 0 atom stereocenters. The van der Waals surface area contributed by atoms with E-state index in [2.05, 4.69) is 5.32 Å². The van der Waals surface area contributed by atoms with Crippen molar-refractivity contribution in [1.29, 1.82) is 0 Å². The largest absolute Gasteiger partial charge is 0.461 e. The normalized spacial score (nSPS) is 12.2. The van der Waals surface area contributed by atoms with Crippen LogP contribution in [0.15, 0.2) is 28.7 Å². The summed E-state index contributed by atoms with van der Waals surface area (Å²) in [6, 6.07) is 5.38. The number of furan rings is 1. The fourth-order valence-corrected chi connectivity index (χ4v) is 1.83. The van der Waals surface area contributed by atoms with Gasteiger partial charge in [-0.15, -0.1) is 0 Å². The van der Waals surface area contributed by atoms with E-state index in [1.165, 1.54) is 6.07 Å². The van der Waals surface area contributed by atoms with Gasteiger partial charge in [-0.2, -0.15) is 13.2 Å². The van der Waals surface area contributed by atoms with Crippen molar-refractivity contribution in [2.24, 2.45) is 0 Å². The number of nitrogens with one attached hydrogen (secondary N) is 1. The highest BCUT2D eigenvalue weighted by atomic mass is 19.4. The van der Waals surface area contributed by atoms with Crippen molar-refractivity contribution < 1.29 is 17.6 Å². The number of alkyl halides is 3. The minimum atomic E-state index is -4.33. The topological polar surface area (TPSA) is 25.2 Å². The van der Waals surface area contributed by atoms with Gasteiger partial charge in [-0.05, 0) is 38.2 Å². The Morgan fingerprint density at radius 1 is 1.22 bits per heavy atom. The number of rotatable bonds is 4. The highest BCUT2D eigenvalue weighted by Crippen LogP contribution is 2.32. The zero-order valence-corrected chi connectivity index (χ0v) is 9.97. The summed E-state index contributed by atoms with van der Waals surface area (Å²) in [5.74, 6) is 0.722. The molecule has 0 amide bonds. The predicted molar refractivity (Wildman–Crippen MR) is 63.5 cm³/mol. The van der Waals surface area contributed by atoms with Gasteiger partial charge in [-0.1, -0.05) is 6.07 Å². The summed E-state index contributed by atoms with van der Waals surface area (Å²) in [4.78, 5) is 0. The lowest BCUT2D eigenvalue weighted by Gasteiger charge is -2.04. The van der Waals surface area contributed by atoms with Gasteiger partial charge in [-0.25, -0.2) is 0 Å². The standard InChI is InChI=1S/C13H14F3NO/c1-17-6-2-3-11-7-9-4-5-10(13(14,15)16)8-12(9)18-11/h4-5,7-8,17H,2-3,6H2,1H3. The van der Waals surface area contributed by atoms with Crippen molar-refractivity contribution in [3.05, 3.63) is 35.6 Å². The van der Waals surface area contributed by atoms with Gasteiger partial charge < -0.3 is 9.73 Å². The molecule has 0 aliphatic carbocycles. The minimum absolute atomic E-state index is 0.296. The summed E-state index contributed by atoms with van der Waals surface area (Å²) in [7, 11) is 1.86. The van der Waals surface area contributed by atoms with Crippen LogP contribution in [0.3, 0.4) is 0 Å². The van der Waals surface area contributed by atoms with Gasteiger partial charge in [0.15, 0.2) is 0 Å². The Labute approximate surface area is 103 Å². The summed E-state index contributed by atoms with van der Waals surface area (Å²) in [6.45, 7) is 0.852. The van der Waals surface area contributed by atoms with Gasteiger partial charge >= 0.3 is 6.18 Å². The first-order valence-electron chi connectivity index (χ1n) is 5.75. The van der Waals surface area contributed by atoms with Crippen molar-refractivity contribution in [3.8, 4) is 0 Å². The molecular weight excluding hydrogens is 243 g/mol. The number of hydrogen-bond donors (Lipinski definition) is 1. The first-order valence-corrected chi connectivity index (χ1v) is 5.75. The van der Waals surface area contributed by atoms with E-state index in [1.54, 1.807) is 6.07 Å². The van der Waals surface area contributed by atoms with Crippen molar-refractivity contribution in [2.75, 3.05) is 13.6 Å². The zero-order valence-electron chi connectivity index (χ0n) is 9.97. The van der Waals surface area contributed by atoms with Crippen LogP contribution in [-0.4, -0.2) is 13.6 Å². The van der Waals surface area contributed by atoms with Crippen LogP contribution >= 0.6 is 0 Å². The van der Waals surface area contributed by atoms with Crippen LogP contribution in [0.1, 0.15) is 17.7 Å². The average molecular weight is 257 g/mol. The van der Waals surface area contributed by atoms with Gasteiger partial charge in [0.05, 0.1) is 5.56 Å². The molecule has 0 radical (unpaired) electrons. The number of halogens is 3. The first-order chi connectivity index (χ1) is 8.50. The molecule has 1 aromatic heterocycles. The summed E-state index contributed by atoms with van der Waals surface area (Å²) < 4.78 is 43.0. The van der Waals surface area contributed by atoms with Gasteiger partial charge in [0, 0.05) is 11.8 Å². The molecule has 0 aliphatic heterocycles. The number of hydrogen-bond acceptors (Lipinski definition) is 2. The van der Waals surface area contributed by atoms with Crippen LogP contribution in [0, 0.1) is 0 Å². The van der Waals surface area contributed by atoms with E-state index >= 15 is 0 Å². The molecule has 0 saturated carbocycles. The van der Waals surface area contributed by atoms with Crippen LogP contribution in [0.2, 0.25) is 0 Å². The fraction of sp³-hybridized carbons (Fsp3) is 0.385. The molecule has 18 heavy (non-hydrogen) atoms. The number of benzene rings is 1. The van der Waals surface area contributed by atoms with E-state index in [9.17, 15) is 13.2 Å². The number of fused-ring (bicyclic) bond motifs is 1. The minimum Gasteiger partial charge on any atom is -0.461 e. The molecule has 1 N–H and O–H groups in total. The van der Waals surface area contributed by atoms with Crippen molar-refractivity contribution in [2.45, 2.75) is 19.0 Å². The Kier molecular flexibility index (Phi) is 3.61. The Morgan fingerprint density at radius 3 is 2.67 bits per heavy atom. The maximum Gasteiger partial charge on any atom is 0.416 e. The van der Waals surface area contributed by atoms with E-state index in [4.69, 9.17) is 4.42 Å². The monoisotopic (exact) mass is 257 g/mol. The second-order valence-electron chi connectivity index (χ2n) is 4.17. The second kappa shape index (κ2) is 5.02. The lowest BCUT2D eigenvalue weighted by atomic mass is 10.1. The van der Waals surface area contributed by atoms with E-state index < -0.39 is 11.7 Å². The molecule has 0 saturated heterocycles. The van der Waals surface area contributed by atoms with Crippen LogP contribution in [0.25, 0.3) is 11.0 Å². The Hall–Kier alpha value is -1.49. The molecule has 0 fully saturated rings. The second-order valence-corrected chi connectivity index (χ2v) is 4.17. The lowest BCUT2D eigenvalue weighted by molar-refractivity contribution is -0.137.